The average molecular weight is 476 g/mol. The zero-order chi connectivity index (χ0) is 17.9. The summed E-state index contributed by atoms with van der Waals surface area (Å²) in [6, 6.07) is 1.93. The SMILES string of the molecule is CN(C)C(=O)CN=C(NCCCn1cccn1)NCC1CCCCC1.I. The van der Waals surface area contributed by atoms with Crippen LogP contribution in [0.25, 0.3) is 0 Å². The molecule has 1 aromatic rings. The maximum absolute atomic E-state index is 11.8. The molecule has 1 heterocycles. The van der Waals surface area contributed by atoms with Crippen LogP contribution in [0.5, 0.6) is 0 Å². The molecule has 7 nitrogen and oxygen atoms in total. The van der Waals surface area contributed by atoms with Gasteiger partial charge in [-0.2, -0.15) is 5.10 Å². The Morgan fingerprint density at radius 3 is 2.69 bits per heavy atom. The minimum atomic E-state index is 0. The van der Waals surface area contributed by atoms with Crippen LogP contribution < -0.4 is 10.6 Å². The summed E-state index contributed by atoms with van der Waals surface area (Å²) in [7, 11) is 3.51. The van der Waals surface area contributed by atoms with Crippen LogP contribution in [0, 0.1) is 5.92 Å². The normalized spacial score (nSPS) is 15.2. The summed E-state index contributed by atoms with van der Waals surface area (Å²) in [4.78, 5) is 17.8. The van der Waals surface area contributed by atoms with Crippen molar-refractivity contribution >= 4 is 35.8 Å². The Bertz CT molecular complexity index is 526. The Morgan fingerprint density at radius 2 is 2.04 bits per heavy atom. The summed E-state index contributed by atoms with van der Waals surface area (Å²) in [6.07, 6.45) is 11.3. The van der Waals surface area contributed by atoms with Crippen LogP contribution in [0.4, 0.5) is 0 Å². The number of halogens is 1. The van der Waals surface area contributed by atoms with Gasteiger partial charge in [-0.25, -0.2) is 4.99 Å². The first-order chi connectivity index (χ1) is 12.1. The van der Waals surface area contributed by atoms with Gasteiger partial charge in [-0.3, -0.25) is 9.48 Å². The predicted octanol–water partition coefficient (Wildman–Crippen LogP) is 2.09. The van der Waals surface area contributed by atoms with Gasteiger partial charge in [0.2, 0.25) is 5.91 Å². The van der Waals surface area contributed by atoms with E-state index in [2.05, 4.69) is 20.7 Å². The molecule has 0 aromatic carbocycles. The zero-order valence-corrected chi connectivity index (χ0v) is 18.3. The van der Waals surface area contributed by atoms with Gasteiger partial charge in [-0.1, -0.05) is 19.3 Å². The smallest absolute Gasteiger partial charge is 0.243 e. The molecule has 1 fully saturated rings. The van der Waals surface area contributed by atoms with Crippen molar-refractivity contribution in [3.63, 3.8) is 0 Å². The van der Waals surface area contributed by atoms with E-state index in [1.807, 2.05) is 16.9 Å². The molecule has 8 heteroatoms. The molecule has 0 radical (unpaired) electrons. The van der Waals surface area contributed by atoms with Gasteiger partial charge in [0.15, 0.2) is 5.96 Å². The summed E-state index contributed by atoms with van der Waals surface area (Å²) >= 11 is 0. The van der Waals surface area contributed by atoms with Gasteiger partial charge in [0.25, 0.3) is 0 Å². The number of nitrogens with zero attached hydrogens (tertiary/aromatic N) is 4. The number of aliphatic imine (C=N–C) groups is 1. The fraction of sp³-hybridized carbons (Fsp3) is 0.722. The lowest BCUT2D eigenvalue weighted by molar-refractivity contribution is -0.127. The number of rotatable bonds is 8. The van der Waals surface area contributed by atoms with Gasteiger partial charge in [0.05, 0.1) is 0 Å². The van der Waals surface area contributed by atoms with Crippen molar-refractivity contribution in [2.75, 3.05) is 33.7 Å². The Kier molecular flexibility index (Phi) is 11.3. The fourth-order valence-electron chi connectivity index (χ4n) is 2.98. The van der Waals surface area contributed by atoms with Crippen LogP contribution in [0.3, 0.4) is 0 Å². The standard InChI is InChI=1S/C18H32N6O.HI/c1-23(2)17(25)15-21-18(20-14-16-8-4-3-5-9-16)19-10-6-12-24-13-7-11-22-24;/h7,11,13,16H,3-6,8-10,12,14-15H2,1-2H3,(H2,19,20,21);1H. The summed E-state index contributed by atoms with van der Waals surface area (Å²) in [5, 5.41) is 11.0. The maximum atomic E-state index is 11.8. The van der Waals surface area contributed by atoms with Gasteiger partial charge in [-0.15, -0.1) is 24.0 Å². The molecule has 0 bridgehead atoms. The Morgan fingerprint density at radius 1 is 1.27 bits per heavy atom. The van der Waals surface area contributed by atoms with E-state index in [-0.39, 0.29) is 36.4 Å². The number of hydrogen-bond acceptors (Lipinski definition) is 3. The van der Waals surface area contributed by atoms with Crippen molar-refractivity contribution in [2.45, 2.75) is 45.1 Å². The monoisotopic (exact) mass is 476 g/mol. The second-order valence-corrected chi connectivity index (χ2v) is 6.89. The maximum Gasteiger partial charge on any atom is 0.243 e. The van der Waals surface area contributed by atoms with Crippen molar-refractivity contribution in [3.05, 3.63) is 18.5 Å². The number of guanidine groups is 1. The molecule has 0 spiro atoms. The number of hydrogen-bond donors (Lipinski definition) is 2. The van der Waals surface area contributed by atoms with E-state index in [1.165, 1.54) is 32.1 Å². The van der Waals surface area contributed by atoms with E-state index in [4.69, 9.17) is 0 Å². The summed E-state index contributed by atoms with van der Waals surface area (Å²) in [6.45, 7) is 2.77. The lowest BCUT2D eigenvalue weighted by Crippen LogP contribution is -2.41. The van der Waals surface area contributed by atoms with Gasteiger partial charge in [-0.05, 0) is 31.2 Å². The molecule has 0 unspecified atom stereocenters. The highest BCUT2D eigenvalue weighted by Crippen LogP contribution is 2.22. The third-order valence-corrected chi connectivity index (χ3v) is 4.57. The third kappa shape index (κ3) is 8.86. The first-order valence-electron chi connectivity index (χ1n) is 9.35. The average Bonchev–Trinajstić information content (AvgIpc) is 3.14. The van der Waals surface area contributed by atoms with E-state index >= 15 is 0 Å². The molecular formula is C18H33IN6O. The molecule has 1 amide bonds. The van der Waals surface area contributed by atoms with E-state index in [9.17, 15) is 4.79 Å². The molecule has 1 aliphatic rings. The first kappa shape index (κ1) is 22.7. The minimum Gasteiger partial charge on any atom is -0.356 e. The first-order valence-corrected chi connectivity index (χ1v) is 9.35. The minimum absolute atomic E-state index is 0. The van der Waals surface area contributed by atoms with Crippen molar-refractivity contribution in [1.29, 1.82) is 0 Å². The summed E-state index contributed by atoms with van der Waals surface area (Å²) in [5.74, 6) is 1.46. The van der Waals surface area contributed by atoms with Crippen molar-refractivity contribution in [2.24, 2.45) is 10.9 Å². The molecule has 2 N–H and O–H groups in total. The highest BCUT2D eigenvalue weighted by Gasteiger charge is 2.14. The Hall–Kier alpha value is -1.32. The lowest BCUT2D eigenvalue weighted by atomic mass is 9.89. The van der Waals surface area contributed by atoms with Gasteiger partial charge >= 0.3 is 0 Å². The summed E-state index contributed by atoms with van der Waals surface area (Å²) < 4.78 is 1.92. The number of likely N-dealkylation sites (N-methyl/N-ethyl adjacent to an activating group) is 1. The van der Waals surface area contributed by atoms with E-state index < -0.39 is 0 Å². The molecule has 1 aromatic heterocycles. The topological polar surface area (TPSA) is 74.5 Å². The van der Waals surface area contributed by atoms with Crippen LogP contribution in [-0.4, -0.2) is 60.3 Å². The molecule has 2 rings (SSSR count). The van der Waals surface area contributed by atoms with E-state index in [0.29, 0.717) is 0 Å². The molecular weight excluding hydrogens is 443 g/mol. The van der Waals surface area contributed by atoms with Crippen LogP contribution >= 0.6 is 24.0 Å². The Balaban J connectivity index is 0.00000338. The molecule has 0 aliphatic heterocycles. The lowest BCUT2D eigenvalue weighted by Gasteiger charge is -2.23. The van der Waals surface area contributed by atoms with Gasteiger partial charge in [0, 0.05) is 46.1 Å². The molecule has 1 saturated carbocycles. The third-order valence-electron chi connectivity index (χ3n) is 4.57. The number of amides is 1. The van der Waals surface area contributed by atoms with Gasteiger partial charge in [0.1, 0.15) is 6.54 Å². The largest absolute Gasteiger partial charge is 0.356 e. The fourth-order valence-corrected chi connectivity index (χ4v) is 2.98. The van der Waals surface area contributed by atoms with Crippen LogP contribution in [-0.2, 0) is 11.3 Å². The molecule has 148 valence electrons. The number of aryl methyl sites for hydroxylation is 1. The van der Waals surface area contributed by atoms with Crippen molar-refractivity contribution in [3.8, 4) is 0 Å². The van der Waals surface area contributed by atoms with Crippen molar-refractivity contribution < 1.29 is 4.79 Å². The second kappa shape index (κ2) is 12.9. The van der Waals surface area contributed by atoms with Gasteiger partial charge < -0.3 is 15.5 Å². The molecule has 0 atom stereocenters. The highest BCUT2D eigenvalue weighted by molar-refractivity contribution is 14.0. The predicted molar refractivity (Wildman–Crippen MR) is 116 cm³/mol. The number of aromatic nitrogens is 2. The molecule has 1 aliphatic carbocycles. The highest BCUT2D eigenvalue weighted by atomic mass is 127. The number of carbonyl (C=O) groups excluding carboxylic acids is 1. The quantitative estimate of drug-likeness (QED) is 0.261. The van der Waals surface area contributed by atoms with E-state index in [0.717, 1.165) is 37.9 Å². The van der Waals surface area contributed by atoms with Crippen LogP contribution in [0.15, 0.2) is 23.5 Å². The second-order valence-electron chi connectivity index (χ2n) is 6.89. The van der Waals surface area contributed by atoms with E-state index in [1.54, 1.807) is 25.2 Å². The number of carbonyl (C=O) groups is 1. The van der Waals surface area contributed by atoms with Crippen molar-refractivity contribution in [1.82, 2.24) is 25.3 Å². The molecule has 26 heavy (non-hydrogen) atoms. The molecule has 0 saturated heterocycles. The summed E-state index contributed by atoms with van der Waals surface area (Å²) in [5.41, 5.74) is 0. The van der Waals surface area contributed by atoms with Crippen LogP contribution in [0.2, 0.25) is 0 Å². The Labute approximate surface area is 174 Å². The number of nitrogens with one attached hydrogen (secondary N) is 2. The zero-order valence-electron chi connectivity index (χ0n) is 16.0. The van der Waals surface area contributed by atoms with Crippen LogP contribution in [0.1, 0.15) is 38.5 Å².